The highest BCUT2D eigenvalue weighted by Crippen LogP contribution is 2.22. The molecule has 0 saturated carbocycles. The second-order valence-electron chi connectivity index (χ2n) is 6.99. The third-order valence-corrected chi connectivity index (χ3v) is 3.83. The molecule has 128 valence electrons. The van der Waals surface area contributed by atoms with Crippen molar-refractivity contribution < 1.29 is 14.3 Å². The molecule has 0 radical (unpaired) electrons. The Hall–Kier alpha value is -1.62. The summed E-state index contributed by atoms with van der Waals surface area (Å²) in [4.78, 5) is 18.4. The van der Waals surface area contributed by atoms with E-state index < -0.39 is 5.60 Å². The Balaban J connectivity index is 1.78. The third-order valence-electron chi connectivity index (χ3n) is 3.83. The van der Waals surface area contributed by atoms with Crippen LogP contribution in [0.15, 0.2) is 24.4 Å². The summed E-state index contributed by atoms with van der Waals surface area (Å²) in [5.41, 5.74) is 0.481. The Labute approximate surface area is 139 Å². The van der Waals surface area contributed by atoms with Crippen molar-refractivity contribution in [2.75, 3.05) is 13.2 Å². The average Bonchev–Trinajstić information content (AvgIpc) is 2.51. The molecule has 0 unspecified atom stereocenters. The zero-order valence-corrected chi connectivity index (χ0v) is 14.5. The van der Waals surface area contributed by atoms with Crippen LogP contribution in [0.3, 0.4) is 0 Å². The number of carbonyl (C=O) groups is 1. The zero-order chi connectivity index (χ0) is 16.7. The first kappa shape index (κ1) is 17.7. The molecule has 0 spiro atoms. The fraction of sp³-hybridized carbons (Fsp3) is 0.667. The van der Waals surface area contributed by atoms with Crippen molar-refractivity contribution >= 4 is 6.09 Å². The first-order valence-corrected chi connectivity index (χ1v) is 8.43. The van der Waals surface area contributed by atoms with Gasteiger partial charge in [-0.25, -0.2) is 4.79 Å². The summed E-state index contributed by atoms with van der Waals surface area (Å²) in [6.45, 7) is 7.62. The number of pyridine rings is 1. The molecule has 1 aliphatic rings. The van der Waals surface area contributed by atoms with Crippen LogP contribution in [-0.2, 0) is 16.1 Å². The summed E-state index contributed by atoms with van der Waals surface area (Å²) < 4.78 is 11.2. The molecule has 2 rings (SSSR count). The van der Waals surface area contributed by atoms with Crippen LogP contribution >= 0.6 is 0 Å². The number of likely N-dealkylation sites (tertiary alicyclic amines) is 1. The van der Waals surface area contributed by atoms with Crippen molar-refractivity contribution in [2.24, 2.45) is 0 Å². The largest absolute Gasteiger partial charge is 0.444 e. The smallest absolute Gasteiger partial charge is 0.410 e. The molecule has 0 N–H and O–H groups in total. The zero-order valence-electron chi connectivity index (χ0n) is 14.5. The molecule has 5 heteroatoms. The molecule has 0 aromatic carbocycles. The van der Waals surface area contributed by atoms with Crippen molar-refractivity contribution in [1.29, 1.82) is 0 Å². The number of rotatable bonds is 5. The lowest BCUT2D eigenvalue weighted by molar-refractivity contribution is 0.00368. The van der Waals surface area contributed by atoms with Gasteiger partial charge in [0.1, 0.15) is 5.60 Å². The van der Waals surface area contributed by atoms with E-state index in [4.69, 9.17) is 9.47 Å². The van der Waals surface area contributed by atoms with Crippen LogP contribution in [0.25, 0.3) is 0 Å². The highest BCUT2D eigenvalue weighted by molar-refractivity contribution is 5.68. The van der Waals surface area contributed by atoms with E-state index in [-0.39, 0.29) is 12.1 Å². The van der Waals surface area contributed by atoms with E-state index in [0.717, 1.165) is 37.9 Å². The summed E-state index contributed by atoms with van der Waals surface area (Å²) in [6.07, 6.45) is 5.63. The molecule has 2 heterocycles. The summed E-state index contributed by atoms with van der Waals surface area (Å²) in [7, 11) is 0. The maximum absolute atomic E-state index is 12.3. The van der Waals surface area contributed by atoms with E-state index in [1.54, 1.807) is 6.20 Å². The second kappa shape index (κ2) is 8.29. The number of ether oxygens (including phenoxy) is 2. The molecule has 1 fully saturated rings. The summed E-state index contributed by atoms with van der Waals surface area (Å²) >= 11 is 0. The highest BCUT2D eigenvalue weighted by Gasteiger charge is 2.30. The van der Waals surface area contributed by atoms with Crippen LogP contribution in [-0.4, -0.2) is 40.8 Å². The molecule has 1 atom stereocenters. The topological polar surface area (TPSA) is 51.7 Å². The van der Waals surface area contributed by atoms with E-state index in [1.165, 1.54) is 0 Å². The molecular weight excluding hydrogens is 292 g/mol. The van der Waals surface area contributed by atoms with Crippen LogP contribution < -0.4 is 0 Å². The lowest BCUT2D eigenvalue weighted by atomic mass is 10.0. The van der Waals surface area contributed by atoms with Crippen LogP contribution in [0.2, 0.25) is 0 Å². The number of amides is 1. The minimum absolute atomic E-state index is 0.202. The van der Waals surface area contributed by atoms with E-state index in [0.29, 0.717) is 13.2 Å². The van der Waals surface area contributed by atoms with Crippen LogP contribution in [0.5, 0.6) is 0 Å². The van der Waals surface area contributed by atoms with Gasteiger partial charge in [-0.1, -0.05) is 6.07 Å². The number of hydrogen-bond acceptors (Lipinski definition) is 4. The first-order valence-electron chi connectivity index (χ1n) is 8.43. The van der Waals surface area contributed by atoms with Crippen molar-refractivity contribution in [3.63, 3.8) is 0 Å². The van der Waals surface area contributed by atoms with E-state index in [1.807, 2.05) is 43.9 Å². The average molecular weight is 320 g/mol. The van der Waals surface area contributed by atoms with Gasteiger partial charge in [0.2, 0.25) is 0 Å². The van der Waals surface area contributed by atoms with Crippen LogP contribution in [0.4, 0.5) is 4.79 Å². The maximum atomic E-state index is 12.3. The fourth-order valence-corrected chi connectivity index (χ4v) is 2.74. The molecule has 5 nitrogen and oxygen atoms in total. The van der Waals surface area contributed by atoms with Gasteiger partial charge in [0.25, 0.3) is 0 Å². The molecule has 0 aliphatic carbocycles. The number of piperidine rings is 1. The van der Waals surface area contributed by atoms with Crippen molar-refractivity contribution in [3.05, 3.63) is 30.1 Å². The molecular formula is C18H28N2O3. The normalized spacial score (nSPS) is 18.7. The second-order valence-corrected chi connectivity index (χ2v) is 6.99. The van der Waals surface area contributed by atoms with Gasteiger partial charge in [0, 0.05) is 25.4 Å². The van der Waals surface area contributed by atoms with Gasteiger partial charge in [0.05, 0.1) is 12.3 Å². The molecule has 1 aromatic heterocycles. The number of carbonyl (C=O) groups excluding carboxylic acids is 1. The Kier molecular flexibility index (Phi) is 6.39. The Bertz CT molecular complexity index is 485. The molecule has 1 aromatic rings. The van der Waals surface area contributed by atoms with Gasteiger partial charge in [0.15, 0.2) is 0 Å². The standard InChI is InChI=1S/C18H28N2O3/c1-18(2,3)23-17(21)20-12-7-5-9-16(20)10-13-22-14-15-8-4-6-11-19-15/h4,6,8,11,16H,5,7,9-10,12-14H2,1-3H3/t16-/m1/s1. The van der Waals surface area contributed by atoms with Gasteiger partial charge in [-0.05, 0) is 58.6 Å². The summed E-state index contributed by atoms with van der Waals surface area (Å²) in [6, 6.07) is 6.01. The monoisotopic (exact) mass is 320 g/mol. The lowest BCUT2D eigenvalue weighted by Gasteiger charge is -2.36. The predicted octanol–water partition coefficient (Wildman–Crippen LogP) is 3.78. The highest BCUT2D eigenvalue weighted by atomic mass is 16.6. The van der Waals surface area contributed by atoms with Crippen LogP contribution in [0.1, 0.15) is 52.1 Å². The Morgan fingerprint density at radius 2 is 2.17 bits per heavy atom. The predicted molar refractivity (Wildman–Crippen MR) is 89.1 cm³/mol. The molecule has 0 bridgehead atoms. The molecule has 1 saturated heterocycles. The number of hydrogen-bond donors (Lipinski definition) is 0. The van der Waals surface area contributed by atoms with Crippen LogP contribution in [0, 0.1) is 0 Å². The fourth-order valence-electron chi connectivity index (χ4n) is 2.74. The molecule has 1 amide bonds. The first-order chi connectivity index (χ1) is 11.0. The lowest BCUT2D eigenvalue weighted by Crippen LogP contribution is -2.46. The summed E-state index contributed by atoms with van der Waals surface area (Å²) in [5, 5.41) is 0. The van der Waals surface area contributed by atoms with E-state index in [2.05, 4.69) is 4.98 Å². The third kappa shape index (κ3) is 6.18. The maximum Gasteiger partial charge on any atom is 0.410 e. The van der Waals surface area contributed by atoms with Gasteiger partial charge in [-0.3, -0.25) is 4.98 Å². The van der Waals surface area contributed by atoms with Gasteiger partial charge >= 0.3 is 6.09 Å². The number of nitrogens with zero attached hydrogens (tertiary/aromatic N) is 2. The van der Waals surface area contributed by atoms with Crippen molar-refractivity contribution in [2.45, 2.75) is 64.7 Å². The molecule has 1 aliphatic heterocycles. The summed E-state index contributed by atoms with van der Waals surface area (Å²) in [5.74, 6) is 0. The van der Waals surface area contributed by atoms with E-state index >= 15 is 0 Å². The van der Waals surface area contributed by atoms with Crippen molar-refractivity contribution in [1.82, 2.24) is 9.88 Å². The SMILES string of the molecule is CC(C)(C)OC(=O)N1CCCC[C@@H]1CCOCc1ccccn1. The number of aromatic nitrogens is 1. The van der Waals surface area contributed by atoms with Gasteiger partial charge in [-0.2, -0.15) is 0 Å². The van der Waals surface area contributed by atoms with Gasteiger partial charge in [-0.15, -0.1) is 0 Å². The minimum atomic E-state index is -0.450. The minimum Gasteiger partial charge on any atom is -0.444 e. The van der Waals surface area contributed by atoms with E-state index in [9.17, 15) is 4.79 Å². The van der Waals surface area contributed by atoms with Gasteiger partial charge < -0.3 is 14.4 Å². The molecule has 23 heavy (non-hydrogen) atoms. The Morgan fingerprint density at radius 1 is 1.35 bits per heavy atom. The quantitative estimate of drug-likeness (QED) is 0.775. The Morgan fingerprint density at radius 3 is 2.87 bits per heavy atom. The van der Waals surface area contributed by atoms with Crippen molar-refractivity contribution in [3.8, 4) is 0 Å².